The van der Waals surface area contributed by atoms with Gasteiger partial charge in [0.15, 0.2) is 0 Å². The van der Waals surface area contributed by atoms with Crippen LogP contribution in [0.3, 0.4) is 0 Å². The van der Waals surface area contributed by atoms with Gasteiger partial charge in [-0.25, -0.2) is 0 Å². The van der Waals surface area contributed by atoms with Crippen molar-refractivity contribution < 1.29 is 4.79 Å². The normalized spacial score (nSPS) is 11.6. The second-order valence-corrected chi connectivity index (χ2v) is 4.01. The zero-order valence-electron chi connectivity index (χ0n) is 9.87. The van der Waals surface area contributed by atoms with Crippen molar-refractivity contribution >= 4 is 5.91 Å². The maximum Gasteiger partial charge on any atom is 0.251 e. The number of hydrogen-bond donors (Lipinski definition) is 1. The van der Waals surface area contributed by atoms with E-state index in [4.69, 9.17) is 5.26 Å². The summed E-state index contributed by atoms with van der Waals surface area (Å²) < 4.78 is 0. The zero-order valence-corrected chi connectivity index (χ0v) is 9.87. The number of aryl methyl sites for hydroxylation is 2. The molecule has 0 aliphatic heterocycles. The third-order valence-corrected chi connectivity index (χ3v) is 2.50. The van der Waals surface area contributed by atoms with Crippen LogP contribution in [-0.2, 0) is 0 Å². The van der Waals surface area contributed by atoms with Crippen LogP contribution in [0.4, 0.5) is 0 Å². The highest BCUT2D eigenvalue weighted by atomic mass is 16.1. The van der Waals surface area contributed by atoms with E-state index in [-0.39, 0.29) is 11.8 Å². The Morgan fingerprint density at radius 2 is 2.00 bits per heavy atom. The van der Waals surface area contributed by atoms with E-state index < -0.39 is 0 Å². The molecule has 0 heterocycles. The van der Waals surface area contributed by atoms with Crippen LogP contribution < -0.4 is 5.32 Å². The molecule has 0 aliphatic carbocycles. The quantitative estimate of drug-likeness (QED) is 0.842. The standard InChI is InChI=1S/C13H16N2O/c1-9(7-14)8-15-13(16)12-10(2)5-4-6-11(12)3/h4-6,9H,8H2,1-3H3,(H,15,16). The molecule has 16 heavy (non-hydrogen) atoms. The molecular formula is C13H16N2O. The molecule has 0 radical (unpaired) electrons. The summed E-state index contributed by atoms with van der Waals surface area (Å²) in [5.74, 6) is -0.258. The summed E-state index contributed by atoms with van der Waals surface area (Å²) in [6.07, 6.45) is 0. The van der Waals surface area contributed by atoms with E-state index in [1.54, 1.807) is 6.92 Å². The molecule has 1 atom stereocenters. The molecule has 1 amide bonds. The molecule has 0 spiro atoms. The first kappa shape index (κ1) is 12.3. The number of amides is 1. The Kier molecular flexibility index (Phi) is 4.07. The predicted molar refractivity (Wildman–Crippen MR) is 63.0 cm³/mol. The highest BCUT2D eigenvalue weighted by Gasteiger charge is 2.12. The third-order valence-electron chi connectivity index (χ3n) is 2.50. The van der Waals surface area contributed by atoms with Crippen LogP contribution in [0.1, 0.15) is 28.4 Å². The van der Waals surface area contributed by atoms with E-state index in [0.29, 0.717) is 12.1 Å². The fourth-order valence-corrected chi connectivity index (χ4v) is 1.55. The van der Waals surface area contributed by atoms with E-state index in [0.717, 1.165) is 11.1 Å². The van der Waals surface area contributed by atoms with Crippen LogP contribution in [0.2, 0.25) is 0 Å². The number of carbonyl (C=O) groups excluding carboxylic acids is 1. The second kappa shape index (κ2) is 5.32. The lowest BCUT2D eigenvalue weighted by atomic mass is 10.0. The summed E-state index contributed by atoms with van der Waals surface area (Å²) in [6, 6.07) is 7.84. The molecule has 1 rings (SSSR count). The van der Waals surface area contributed by atoms with Gasteiger partial charge in [0.2, 0.25) is 0 Å². The predicted octanol–water partition coefficient (Wildman–Crippen LogP) is 2.19. The first-order valence-electron chi connectivity index (χ1n) is 5.30. The van der Waals surface area contributed by atoms with Crippen LogP contribution in [0, 0.1) is 31.1 Å². The summed E-state index contributed by atoms with van der Waals surface area (Å²) in [4.78, 5) is 11.9. The largest absolute Gasteiger partial charge is 0.351 e. The summed E-state index contributed by atoms with van der Waals surface area (Å²) >= 11 is 0. The van der Waals surface area contributed by atoms with Crippen molar-refractivity contribution in [1.29, 1.82) is 5.26 Å². The van der Waals surface area contributed by atoms with E-state index in [1.807, 2.05) is 32.0 Å². The maximum atomic E-state index is 11.9. The Balaban J connectivity index is 2.78. The van der Waals surface area contributed by atoms with Crippen molar-refractivity contribution in [1.82, 2.24) is 5.32 Å². The van der Waals surface area contributed by atoms with Crippen molar-refractivity contribution in [3.63, 3.8) is 0 Å². The molecule has 0 fully saturated rings. The average molecular weight is 216 g/mol. The van der Waals surface area contributed by atoms with Crippen molar-refractivity contribution in [2.75, 3.05) is 6.54 Å². The van der Waals surface area contributed by atoms with Gasteiger partial charge in [0.1, 0.15) is 0 Å². The molecule has 0 saturated heterocycles. The van der Waals surface area contributed by atoms with Crippen LogP contribution >= 0.6 is 0 Å². The minimum Gasteiger partial charge on any atom is -0.351 e. The van der Waals surface area contributed by atoms with Crippen molar-refractivity contribution in [2.45, 2.75) is 20.8 Å². The summed E-state index contributed by atoms with van der Waals surface area (Å²) in [5.41, 5.74) is 2.64. The molecule has 0 aliphatic rings. The lowest BCUT2D eigenvalue weighted by molar-refractivity contribution is 0.0949. The first-order valence-corrected chi connectivity index (χ1v) is 5.30. The lowest BCUT2D eigenvalue weighted by Crippen LogP contribution is -2.28. The maximum absolute atomic E-state index is 11.9. The van der Waals surface area contributed by atoms with E-state index in [1.165, 1.54) is 0 Å². The van der Waals surface area contributed by atoms with Gasteiger partial charge in [-0.3, -0.25) is 4.79 Å². The van der Waals surface area contributed by atoms with Gasteiger partial charge >= 0.3 is 0 Å². The monoisotopic (exact) mass is 216 g/mol. The number of nitrogens with zero attached hydrogens (tertiary/aromatic N) is 1. The molecule has 1 N–H and O–H groups in total. The molecule has 0 saturated carbocycles. The van der Waals surface area contributed by atoms with Gasteiger partial charge in [0.25, 0.3) is 5.91 Å². The average Bonchev–Trinajstić information content (AvgIpc) is 2.25. The van der Waals surface area contributed by atoms with Gasteiger partial charge < -0.3 is 5.32 Å². The summed E-state index contributed by atoms with van der Waals surface area (Å²) in [6.45, 7) is 6.00. The van der Waals surface area contributed by atoms with Gasteiger partial charge in [0.05, 0.1) is 12.0 Å². The van der Waals surface area contributed by atoms with Crippen LogP contribution in [0.15, 0.2) is 18.2 Å². The van der Waals surface area contributed by atoms with E-state index in [2.05, 4.69) is 11.4 Å². The smallest absolute Gasteiger partial charge is 0.251 e. The summed E-state index contributed by atoms with van der Waals surface area (Å²) in [7, 11) is 0. The van der Waals surface area contributed by atoms with Crippen LogP contribution in [0.25, 0.3) is 0 Å². The Bertz CT molecular complexity index is 412. The molecule has 3 heteroatoms. The molecule has 3 nitrogen and oxygen atoms in total. The fraction of sp³-hybridized carbons (Fsp3) is 0.385. The number of nitrogens with one attached hydrogen (secondary N) is 1. The van der Waals surface area contributed by atoms with Crippen molar-refractivity contribution in [3.05, 3.63) is 34.9 Å². The van der Waals surface area contributed by atoms with Crippen molar-refractivity contribution in [2.24, 2.45) is 5.92 Å². The lowest BCUT2D eigenvalue weighted by Gasteiger charge is -2.10. The molecule has 1 aromatic rings. The molecule has 0 bridgehead atoms. The molecule has 1 unspecified atom stereocenters. The fourth-order valence-electron chi connectivity index (χ4n) is 1.55. The van der Waals surface area contributed by atoms with Crippen molar-refractivity contribution in [3.8, 4) is 6.07 Å². The Morgan fingerprint density at radius 1 is 1.44 bits per heavy atom. The first-order chi connectivity index (χ1) is 7.56. The molecule has 1 aromatic carbocycles. The number of benzene rings is 1. The van der Waals surface area contributed by atoms with E-state index >= 15 is 0 Å². The van der Waals surface area contributed by atoms with Gasteiger partial charge in [-0.1, -0.05) is 18.2 Å². The molecule has 84 valence electrons. The minimum absolute atomic E-state index is 0.0994. The van der Waals surface area contributed by atoms with Gasteiger partial charge in [-0.05, 0) is 31.9 Å². The number of hydrogen-bond acceptors (Lipinski definition) is 2. The topological polar surface area (TPSA) is 52.9 Å². The Labute approximate surface area is 96.1 Å². The van der Waals surface area contributed by atoms with Gasteiger partial charge in [-0.15, -0.1) is 0 Å². The molecular weight excluding hydrogens is 200 g/mol. The number of rotatable bonds is 3. The van der Waals surface area contributed by atoms with Gasteiger partial charge in [-0.2, -0.15) is 5.26 Å². The van der Waals surface area contributed by atoms with E-state index in [9.17, 15) is 4.79 Å². The molecule has 0 aromatic heterocycles. The third kappa shape index (κ3) is 2.83. The SMILES string of the molecule is Cc1cccc(C)c1C(=O)NCC(C)C#N. The number of carbonyl (C=O) groups is 1. The summed E-state index contributed by atoms with van der Waals surface area (Å²) in [5, 5.41) is 11.4. The van der Waals surface area contributed by atoms with Gasteiger partial charge in [0, 0.05) is 12.1 Å². The minimum atomic E-state index is -0.159. The highest BCUT2D eigenvalue weighted by molar-refractivity contribution is 5.97. The second-order valence-electron chi connectivity index (χ2n) is 4.01. The Hall–Kier alpha value is -1.82. The Morgan fingerprint density at radius 3 is 2.50 bits per heavy atom. The highest BCUT2D eigenvalue weighted by Crippen LogP contribution is 2.12. The number of nitriles is 1. The zero-order chi connectivity index (χ0) is 12.1. The van der Waals surface area contributed by atoms with Crippen LogP contribution in [-0.4, -0.2) is 12.5 Å². The van der Waals surface area contributed by atoms with Crippen LogP contribution in [0.5, 0.6) is 0 Å².